The van der Waals surface area contributed by atoms with Crippen LogP contribution in [0.25, 0.3) is 0 Å². The van der Waals surface area contributed by atoms with Crippen molar-refractivity contribution in [2.75, 3.05) is 19.6 Å². The number of hydrogen-bond acceptors (Lipinski definition) is 5. The van der Waals surface area contributed by atoms with Crippen molar-refractivity contribution in [3.8, 4) is 0 Å². The molecule has 2 fully saturated rings. The lowest BCUT2D eigenvalue weighted by Crippen LogP contribution is -2.47. The maximum Gasteiger partial charge on any atom is 0.260 e. The number of hydrogen-bond donors (Lipinski definition) is 1. The van der Waals surface area contributed by atoms with E-state index in [-0.39, 0.29) is 11.9 Å². The van der Waals surface area contributed by atoms with Crippen LogP contribution in [-0.4, -0.2) is 41.5 Å². The molecule has 1 N–H and O–H groups in total. The predicted octanol–water partition coefficient (Wildman–Crippen LogP) is 2.65. The van der Waals surface area contributed by atoms with Crippen LogP contribution in [0.4, 0.5) is 0 Å². The molecule has 2 saturated heterocycles. The van der Waals surface area contributed by atoms with Crippen molar-refractivity contribution in [3.63, 3.8) is 0 Å². The number of carbonyl (C=O) groups excluding carboxylic acids is 1. The van der Waals surface area contributed by atoms with Crippen molar-refractivity contribution < 1.29 is 9.21 Å². The first-order valence-corrected chi connectivity index (χ1v) is 8.78. The number of nitrogens with one attached hydrogen (secondary N) is 1. The molecule has 5 nitrogen and oxygen atoms in total. The summed E-state index contributed by atoms with van der Waals surface area (Å²) in [5.41, 5.74) is 0.703. The molecule has 23 heavy (non-hydrogen) atoms. The summed E-state index contributed by atoms with van der Waals surface area (Å²) in [4.78, 5) is 19.9. The van der Waals surface area contributed by atoms with Crippen LogP contribution in [0.5, 0.6) is 0 Å². The zero-order chi connectivity index (χ0) is 15.6. The average Bonchev–Trinajstić information content (AvgIpc) is 3.18. The molecule has 1 aromatic heterocycles. The van der Waals surface area contributed by atoms with Gasteiger partial charge in [-0.1, -0.05) is 0 Å². The minimum absolute atomic E-state index is 0.0187. The summed E-state index contributed by atoms with van der Waals surface area (Å²) < 4.78 is 5.21. The highest BCUT2D eigenvalue weighted by atomic mass is 32.2. The highest BCUT2D eigenvalue weighted by Crippen LogP contribution is 2.28. The van der Waals surface area contributed by atoms with Crippen molar-refractivity contribution >= 4 is 17.7 Å². The molecule has 2 aliphatic heterocycles. The van der Waals surface area contributed by atoms with E-state index in [1.807, 2.05) is 24.3 Å². The first-order chi connectivity index (χ1) is 11.3. The fourth-order valence-electron chi connectivity index (χ4n) is 3.47. The van der Waals surface area contributed by atoms with E-state index in [4.69, 9.17) is 4.42 Å². The lowest BCUT2D eigenvalue weighted by Gasteiger charge is -2.30. The highest BCUT2D eigenvalue weighted by Gasteiger charge is 2.32. The lowest BCUT2D eigenvalue weighted by molar-refractivity contribution is 0.0909. The molecule has 2 aromatic rings. The van der Waals surface area contributed by atoms with Gasteiger partial charge >= 0.3 is 0 Å². The van der Waals surface area contributed by atoms with E-state index in [1.165, 1.54) is 31.3 Å². The summed E-state index contributed by atoms with van der Waals surface area (Å²) in [6.45, 7) is 3.38. The maximum absolute atomic E-state index is 12.4. The van der Waals surface area contributed by atoms with Crippen LogP contribution in [0.15, 0.2) is 51.3 Å². The molecule has 0 aliphatic carbocycles. The zero-order valence-corrected chi connectivity index (χ0v) is 13.6. The Morgan fingerprint density at radius 1 is 1.30 bits per heavy atom. The monoisotopic (exact) mass is 329 g/mol. The lowest BCUT2D eigenvalue weighted by atomic mass is 9.96. The van der Waals surface area contributed by atoms with Gasteiger partial charge in [-0.25, -0.2) is 4.98 Å². The van der Waals surface area contributed by atoms with Gasteiger partial charge in [-0.2, -0.15) is 0 Å². The molecule has 0 radical (unpaired) electrons. The summed E-state index contributed by atoms with van der Waals surface area (Å²) in [7, 11) is 0. The first-order valence-electron chi connectivity index (χ1n) is 7.97. The van der Waals surface area contributed by atoms with Gasteiger partial charge in [-0.05, 0) is 61.3 Å². The van der Waals surface area contributed by atoms with Crippen LogP contribution in [0.1, 0.15) is 23.2 Å². The van der Waals surface area contributed by atoms with E-state index in [2.05, 4.69) is 15.2 Å². The normalized spacial score (nSPS) is 26.2. The number of aromatic nitrogens is 1. The van der Waals surface area contributed by atoms with Crippen molar-refractivity contribution in [1.82, 2.24) is 15.2 Å². The van der Waals surface area contributed by atoms with Crippen LogP contribution in [0.2, 0.25) is 0 Å². The van der Waals surface area contributed by atoms with Gasteiger partial charge in [-0.15, -0.1) is 0 Å². The van der Waals surface area contributed by atoms with Crippen LogP contribution in [0.3, 0.4) is 0 Å². The topological polar surface area (TPSA) is 58.4 Å². The molecular weight excluding hydrogens is 310 g/mol. The van der Waals surface area contributed by atoms with Crippen LogP contribution >= 0.6 is 11.8 Å². The Kier molecular flexibility index (Phi) is 4.10. The Hall–Kier alpha value is -1.79. The largest absolute Gasteiger partial charge is 0.440 e. The Balaban J connectivity index is 1.36. The minimum atomic E-state index is 0.0187. The molecule has 4 rings (SSSR count). The van der Waals surface area contributed by atoms with Gasteiger partial charge in [-0.3, -0.25) is 4.79 Å². The molecule has 2 bridgehead atoms. The Bertz CT molecular complexity index is 660. The van der Waals surface area contributed by atoms with Crippen LogP contribution < -0.4 is 5.32 Å². The second-order valence-electron chi connectivity index (χ2n) is 6.24. The van der Waals surface area contributed by atoms with Gasteiger partial charge in [0.2, 0.25) is 0 Å². The van der Waals surface area contributed by atoms with E-state index >= 15 is 0 Å². The molecule has 3 atom stereocenters. The summed E-state index contributed by atoms with van der Waals surface area (Å²) in [5, 5.41) is 3.79. The Morgan fingerprint density at radius 3 is 2.91 bits per heavy atom. The minimum Gasteiger partial charge on any atom is -0.440 e. The summed E-state index contributed by atoms with van der Waals surface area (Å²) in [6.07, 6.45) is 5.56. The average molecular weight is 329 g/mol. The fourth-order valence-corrected chi connectivity index (χ4v) is 4.16. The van der Waals surface area contributed by atoms with Crippen LogP contribution in [0, 0.1) is 5.92 Å². The summed E-state index contributed by atoms with van der Waals surface area (Å²) in [6, 6.07) is 7.86. The molecule has 0 spiro atoms. The quantitative estimate of drug-likeness (QED) is 0.934. The maximum atomic E-state index is 12.4. The number of piperidine rings is 1. The van der Waals surface area contributed by atoms with Crippen molar-refractivity contribution in [2.24, 2.45) is 5.92 Å². The van der Waals surface area contributed by atoms with Gasteiger partial charge in [0.1, 0.15) is 6.26 Å². The molecule has 1 amide bonds. The fraction of sp³-hybridized carbons (Fsp3) is 0.412. The van der Waals surface area contributed by atoms with E-state index < -0.39 is 0 Å². The standard InChI is InChI=1S/C17H19N3O2S/c21-16(19-14-9-12-5-7-20(10-12)11-14)13-1-3-15(4-2-13)23-17-18-6-8-22-17/h1-4,6,8,12,14H,5,7,9-11H2,(H,19,21)/t12-,14-/m1/s1. The molecule has 120 valence electrons. The molecule has 1 unspecified atom stereocenters. The zero-order valence-electron chi connectivity index (χ0n) is 12.8. The second kappa shape index (κ2) is 6.37. The SMILES string of the molecule is O=C(N[C@@H]1C[C@H]2CCN(C2)C1)c1ccc(Sc2ncco2)cc1. The highest BCUT2D eigenvalue weighted by molar-refractivity contribution is 7.99. The number of carbonyl (C=O) groups is 1. The molecular formula is C17H19N3O2S. The predicted molar refractivity (Wildman–Crippen MR) is 87.5 cm³/mol. The first kappa shape index (κ1) is 14.8. The second-order valence-corrected chi connectivity index (χ2v) is 7.27. The molecule has 3 heterocycles. The number of nitrogens with zero attached hydrogens (tertiary/aromatic N) is 2. The number of benzene rings is 1. The van der Waals surface area contributed by atoms with Crippen molar-refractivity contribution in [2.45, 2.75) is 29.0 Å². The molecule has 0 saturated carbocycles. The Labute approximate surface area is 139 Å². The number of amides is 1. The van der Waals surface area contributed by atoms with Gasteiger partial charge < -0.3 is 14.6 Å². The third-order valence-electron chi connectivity index (χ3n) is 4.53. The number of rotatable bonds is 4. The van der Waals surface area contributed by atoms with E-state index in [9.17, 15) is 4.79 Å². The van der Waals surface area contributed by atoms with Crippen molar-refractivity contribution in [1.29, 1.82) is 0 Å². The smallest absolute Gasteiger partial charge is 0.260 e. The van der Waals surface area contributed by atoms with Gasteiger partial charge in [0.15, 0.2) is 0 Å². The number of fused-ring (bicyclic) bond motifs is 2. The van der Waals surface area contributed by atoms with E-state index in [0.717, 1.165) is 23.8 Å². The van der Waals surface area contributed by atoms with Crippen LogP contribution in [-0.2, 0) is 0 Å². The molecule has 1 aromatic carbocycles. The third-order valence-corrected chi connectivity index (χ3v) is 5.42. The number of oxazole rings is 1. The van der Waals surface area contributed by atoms with Gasteiger partial charge in [0, 0.05) is 29.6 Å². The van der Waals surface area contributed by atoms with Gasteiger partial charge in [0.05, 0.1) is 6.20 Å². The molecule has 2 aliphatic rings. The van der Waals surface area contributed by atoms with Crippen molar-refractivity contribution in [3.05, 3.63) is 42.3 Å². The van der Waals surface area contributed by atoms with Gasteiger partial charge in [0.25, 0.3) is 11.1 Å². The van der Waals surface area contributed by atoms with E-state index in [0.29, 0.717) is 10.8 Å². The third kappa shape index (κ3) is 3.43. The Morgan fingerprint density at radius 2 is 2.17 bits per heavy atom. The summed E-state index contributed by atoms with van der Waals surface area (Å²) in [5.74, 6) is 0.777. The molecule has 6 heteroatoms. The summed E-state index contributed by atoms with van der Waals surface area (Å²) >= 11 is 1.44. The van der Waals surface area contributed by atoms with E-state index in [1.54, 1.807) is 12.5 Å².